The highest BCUT2D eigenvalue weighted by Crippen LogP contribution is 2.36. The smallest absolute Gasteiger partial charge is 0.172 e. The lowest BCUT2D eigenvalue weighted by Gasteiger charge is -2.05. The van der Waals surface area contributed by atoms with Crippen LogP contribution in [-0.2, 0) is 0 Å². The first-order valence-corrected chi connectivity index (χ1v) is 8.01. The number of aromatic hydroxyl groups is 2. The second kappa shape index (κ2) is 9.29. The minimum absolute atomic E-state index is 0.0536. The molecule has 2 aromatic carbocycles. The Morgan fingerprint density at radius 1 is 0.792 bits per heavy atom. The molecule has 0 fully saturated rings. The molecule has 0 radical (unpaired) electrons. The number of halogens is 2. The number of phenolic OH excluding ortho intramolecular Hbond substituents is 2. The summed E-state index contributed by atoms with van der Waals surface area (Å²) < 4.78 is 10.4. The molecule has 0 aromatic heterocycles. The average molecular weight is 462 g/mol. The number of carbonyl (C=O) groups excluding carboxylic acids is 2. The monoisotopic (exact) mass is 460 g/mol. The first kappa shape index (κ1) is 20.0. The van der Waals surface area contributed by atoms with E-state index in [1.807, 2.05) is 0 Å². The van der Waals surface area contributed by atoms with Crippen LogP contribution in [0.25, 0.3) is 0 Å². The van der Waals surface area contributed by atoms with Crippen LogP contribution >= 0.6 is 31.9 Å². The van der Waals surface area contributed by atoms with Crippen LogP contribution in [0.1, 0.15) is 20.7 Å². The number of hydrogen-bond donors (Lipinski definition) is 2. The lowest BCUT2D eigenvalue weighted by Crippen LogP contribution is -1.88. The molecule has 0 aliphatic carbocycles. The number of methoxy groups -OCH3 is 2. The molecule has 0 saturated heterocycles. The van der Waals surface area contributed by atoms with Crippen LogP contribution in [0.4, 0.5) is 0 Å². The second-order valence-corrected chi connectivity index (χ2v) is 5.86. The quantitative estimate of drug-likeness (QED) is 0.669. The molecule has 2 rings (SSSR count). The molecule has 0 heterocycles. The maximum absolute atomic E-state index is 10.4. The number of carbonyl (C=O) groups is 2. The SMILES string of the molecule is COc1ccc(C=O)c(Br)c1O.COc1ccc(C=O)c(Br)c1O. The third-order valence-electron chi connectivity index (χ3n) is 2.91. The van der Waals surface area contributed by atoms with Gasteiger partial charge in [-0.2, -0.15) is 0 Å². The molecule has 2 N–H and O–H groups in total. The summed E-state index contributed by atoms with van der Waals surface area (Å²) >= 11 is 6.14. The first-order chi connectivity index (χ1) is 11.4. The summed E-state index contributed by atoms with van der Waals surface area (Å²) in [7, 11) is 2.89. The Labute approximate surface area is 155 Å². The Morgan fingerprint density at radius 2 is 1.12 bits per heavy atom. The first-order valence-electron chi connectivity index (χ1n) is 6.42. The second-order valence-electron chi connectivity index (χ2n) is 4.27. The van der Waals surface area contributed by atoms with Crippen molar-refractivity contribution in [2.24, 2.45) is 0 Å². The van der Waals surface area contributed by atoms with Gasteiger partial charge in [0, 0.05) is 11.1 Å². The summed E-state index contributed by atoms with van der Waals surface area (Å²) in [6, 6.07) is 6.19. The molecule has 0 aliphatic heterocycles. The summed E-state index contributed by atoms with van der Waals surface area (Å²) in [4.78, 5) is 20.8. The van der Waals surface area contributed by atoms with E-state index in [9.17, 15) is 19.8 Å². The highest BCUT2D eigenvalue weighted by atomic mass is 79.9. The van der Waals surface area contributed by atoms with Crippen molar-refractivity contribution >= 4 is 44.4 Å². The Bertz CT molecular complexity index is 682. The molecule has 24 heavy (non-hydrogen) atoms. The summed E-state index contributed by atoms with van der Waals surface area (Å²) in [6.45, 7) is 0. The van der Waals surface area contributed by atoms with E-state index in [0.717, 1.165) is 0 Å². The lowest BCUT2D eigenvalue weighted by molar-refractivity contribution is 0.111. The number of phenols is 2. The van der Waals surface area contributed by atoms with Crippen molar-refractivity contribution in [3.8, 4) is 23.0 Å². The minimum Gasteiger partial charge on any atom is -0.503 e. The van der Waals surface area contributed by atoms with Gasteiger partial charge in [0.15, 0.2) is 35.6 Å². The predicted molar refractivity (Wildman–Crippen MR) is 95.5 cm³/mol. The normalized spacial score (nSPS) is 9.50. The Balaban J connectivity index is 0.000000240. The van der Waals surface area contributed by atoms with Gasteiger partial charge in [-0.05, 0) is 56.1 Å². The van der Waals surface area contributed by atoms with Crippen LogP contribution < -0.4 is 9.47 Å². The summed E-state index contributed by atoms with van der Waals surface area (Å²) in [5.41, 5.74) is 0.793. The van der Waals surface area contributed by atoms with Crippen LogP contribution in [0.15, 0.2) is 33.2 Å². The fourth-order valence-electron chi connectivity index (χ4n) is 1.64. The standard InChI is InChI=1S/2C8H7BrO3/c2*1-12-6-3-2-5(4-10)7(9)8(6)11/h2*2-4,11H,1H3. The molecule has 0 bridgehead atoms. The van der Waals surface area contributed by atoms with Crippen LogP contribution in [0.3, 0.4) is 0 Å². The molecule has 2 aromatic rings. The third-order valence-corrected chi connectivity index (χ3v) is 4.58. The number of aldehydes is 2. The number of benzene rings is 2. The van der Waals surface area contributed by atoms with E-state index in [2.05, 4.69) is 31.9 Å². The van der Waals surface area contributed by atoms with Gasteiger partial charge in [-0.3, -0.25) is 9.59 Å². The zero-order valence-corrected chi connectivity index (χ0v) is 15.9. The summed E-state index contributed by atoms with van der Waals surface area (Å²) in [6.07, 6.45) is 1.31. The Hall–Kier alpha value is -2.06. The van der Waals surface area contributed by atoms with Crippen molar-refractivity contribution in [3.05, 3.63) is 44.3 Å². The van der Waals surface area contributed by atoms with Crippen molar-refractivity contribution in [2.75, 3.05) is 14.2 Å². The largest absolute Gasteiger partial charge is 0.503 e. The third kappa shape index (κ3) is 4.48. The highest BCUT2D eigenvalue weighted by Gasteiger charge is 2.10. The molecular weight excluding hydrogens is 448 g/mol. The molecule has 128 valence electrons. The fourth-order valence-corrected chi connectivity index (χ4v) is 2.48. The maximum atomic E-state index is 10.4. The molecule has 0 saturated carbocycles. The van der Waals surface area contributed by atoms with Gasteiger partial charge in [-0.1, -0.05) is 0 Å². The number of rotatable bonds is 4. The van der Waals surface area contributed by atoms with E-state index in [1.54, 1.807) is 12.1 Å². The molecule has 0 unspecified atom stereocenters. The highest BCUT2D eigenvalue weighted by molar-refractivity contribution is 9.11. The average Bonchev–Trinajstić information content (AvgIpc) is 2.60. The van der Waals surface area contributed by atoms with E-state index in [-0.39, 0.29) is 11.5 Å². The Morgan fingerprint density at radius 3 is 1.38 bits per heavy atom. The van der Waals surface area contributed by atoms with Gasteiger partial charge in [0.1, 0.15) is 0 Å². The number of ether oxygens (including phenoxy) is 2. The zero-order chi connectivity index (χ0) is 18.3. The van der Waals surface area contributed by atoms with Gasteiger partial charge in [0.25, 0.3) is 0 Å². The van der Waals surface area contributed by atoms with Gasteiger partial charge < -0.3 is 19.7 Å². The van der Waals surface area contributed by atoms with Gasteiger partial charge >= 0.3 is 0 Å². The number of hydrogen-bond acceptors (Lipinski definition) is 6. The molecule has 8 heteroatoms. The predicted octanol–water partition coefficient (Wildman–Crippen LogP) is 3.95. The van der Waals surface area contributed by atoms with Gasteiger partial charge in [0.2, 0.25) is 0 Å². The van der Waals surface area contributed by atoms with E-state index < -0.39 is 0 Å². The zero-order valence-electron chi connectivity index (χ0n) is 12.7. The van der Waals surface area contributed by atoms with Gasteiger partial charge in [-0.15, -0.1) is 0 Å². The van der Waals surface area contributed by atoms with Gasteiger partial charge in [-0.25, -0.2) is 0 Å². The van der Waals surface area contributed by atoms with E-state index in [1.165, 1.54) is 26.4 Å². The van der Waals surface area contributed by atoms with E-state index in [4.69, 9.17) is 9.47 Å². The van der Waals surface area contributed by atoms with Crippen molar-refractivity contribution < 1.29 is 29.3 Å². The fraction of sp³-hybridized carbons (Fsp3) is 0.125. The minimum atomic E-state index is -0.0536. The molecule has 6 nitrogen and oxygen atoms in total. The topological polar surface area (TPSA) is 93.1 Å². The van der Waals surface area contributed by atoms with E-state index >= 15 is 0 Å². The van der Waals surface area contributed by atoms with Crippen molar-refractivity contribution in [1.82, 2.24) is 0 Å². The van der Waals surface area contributed by atoms with Crippen molar-refractivity contribution in [1.29, 1.82) is 0 Å². The van der Waals surface area contributed by atoms with Crippen LogP contribution in [-0.4, -0.2) is 37.0 Å². The maximum Gasteiger partial charge on any atom is 0.172 e. The van der Waals surface area contributed by atoms with Crippen LogP contribution in [0, 0.1) is 0 Å². The summed E-state index contributed by atoms with van der Waals surface area (Å²) in [5.74, 6) is 0.573. The molecule has 0 aliphatic rings. The lowest BCUT2D eigenvalue weighted by atomic mass is 10.2. The summed E-state index contributed by atoms with van der Waals surface area (Å²) in [5, 5.41) is 18.8. The van der Waals surface area contributed by atoms with Crippen LogP contribution in [0.5, 0.6) is 23.0 Å². The molecule has 0 atom stereocenters. The molecule has 0 amide bonds. The van der Waals surface area contributed by atoms with Crippen molar-refractivity contribution in [2.45, 2.75) is 0 Å². The van der Waals surface area contributed by atoms with Crippen molar-refractivity contribution in [3.63, 3.8) is 0 Å². The van der Waals surface area contributed by atoms with Crippen LogP contribution in [0.2, 0.25) is 0 Å². The van der Waals surface area contributed by atoms with Gasteiger partial charge in [0.05, 0.1) is 23.2 Å². The van der Waals surface area contributed by atoms with E-state index in [0.29, 0.717) is 44.1 Å². The molecule has 0 spiro atoms. The molecular formula is C16H14Br2O6. The Kier molecular flexibility index (Phi) is 7.73.